The first-order chi connectivity index (χ1) is 12.4. The molecule has 1 aromatic carbocycles. The summed E-state index contributed by atoms with van der Waals surface area (Å²) >= 11 is 1.57. The summed E-state index contributed by atoms with van der Waals surface area (Å²) in [6.07, 6.45) is -2.21. The van der Waals surface area contributed by atoms with Gasteiger partial charge in [0.2, 0.25) is 0 Å². The Morgan fingerprint density at radius 1 is 1.31 bits per heavy atom. The molecule has 1 aliphatic rings. The van der Waals surface area contributed by atoms with Gasteiger partial charge in [-0.2, -0.15) is 13.2 Å². The zero-order valence-corrected chi connectivity index (χ0v) is 14.8. The molecule has 5 nitrogen and oxygen atoms in total. The fraction of sp³-hybridized carbons (Fsp3) is 0.412. The minimum absolute atomic E-state index is 0.0295. The Kier molecular flexibility index (Phi) is 5.36. The van der Waals surface area contributed by atoms with E-state index in [1.165, 1.54) is 19.2 Å². The summed E-state index contributed by atoms with van der Waals surface area (Å²) in [5, 5.41) is 8.02. The van der Waals surface area contributed by atoms with Gasteiger partial charge in [-0.1, -0.05) is 6.07 Å². The number of halogens is 3. The van der Waals surface area contributed by atoms with E-state index in [1.807, 2.05) is 5.38 Å². The Bertz CT molecular complexity index is 788. The molecule has 0 radical (unpaired) electrons. The van der Waals surface area contributed by atoms with Gasteiger partial charge >= 0.3 is 12.2 Å². The van der Waals surface area contributed by atoms with Crippen molar-refractivity contribution >= 4 is 17.4 Å². The Morgan fingerprint density at radius 3 is 2.69 bits per heavy atom. The maximum Gasteiger partial charge on any atom is 0.416 e. The average molecular weight is 385 g/mol. The topological polar surface area (TPSA) is 63.2 Å². The molecule has 1 saturated carbocycles. The molecule has 0 atom stereocenters. The summed E-state index contributed by atoms with van der Waals surface area (Å²) in [6, 6.07) is 3.10. The average Bonchev–Trinajstić information content (AvgIpc) is 3.35. The Balaban J connectivity index is 1.55. The van der Waals surface area contributed by atoms with Crippen LogP contribution in [0.4, 0.5) is 18.0 Å². The van der Waals surface area contributed by atoms with E-state index in [4.69, 9.17) is 4.74 Å². The van der Waals surface area contributed by atoms with Gasteiger partial charge < -0.3 is 15.4 Å². The van der Waals surface area contributed by atoms with Gasteiger partial charge in [0.15, 0.2) is 0 Å². The number of nitrogens with zero attached hydrogens (tertiary/aromatic N) is 1. The number of hydrogen-bond acceptors (Lipinski definition) is 4. The van der Waals surface area contributed by atoms with Crippen LogP contribution in [-0.4, -0.2) is 18.1 Å². The van der Waals surface area contributed by atoms with Gasteiger partial charge in [0.05, 0.1) is 29.9 Å². The van der Waals surface area contributed by atoms with Crippen LogP contribution in [0, 0.1) is 0 Å². The number of carbonyl (C=O) groups excluding carboxylic acids is 1. The predicted molar refractivity (Wildman–Crippen MR) is 91.2 cm³/mol. The van der Waals surface area contributed by atoms with E-state index in [9.17, 15) is 18.0 Å². The van der Waals surface area contributed by atoms with Crippen LogP contribution in [0.3, 0.4) is 0 Å². The quantitative estimate of drug-likeness (QED) is 0.789. The summed E-state index contributed by atoms with van der Waals surface area (Å²) in [4.78, 5) is 16.3. The lowest BCUT2D eigenvalue weighted by Crippen LogP contribution is -2.35. The molecule has 140 valence electrons. The first kappa shape index (κ1) is 18.5. The molecule has 2 amide bonds. The van der Waals surface area contributed by atoms with Crippen LogP contribution in [-0.2, 0) is 19.3 Å². The second kappa shape index (κ2) is 7.53. The van der Waals surface area contributed by atoms with Crippen molar-refractivity contribution in [3.8, 4) is 5.75 Å². The summed E-state index contributed by atoms with van der Waals surface area (Å²) in [7, 11) is 1.30. The van der Waals surface area contributed by atoms with E-state index in [-0.39, 0.29) is 24.4 Å². The smallest absolute Gasteiger partial charge is 0.416 e. The van der Waals surface area contributed by atoms with Crippen molar-refractivity contribution in [2.45, 2.75) is 38.0 Å². The zero-order chi connectivity index (χ0) is 18.7. The largest absolute Gasteiger partial charge is 0.497 e. The Hall–Kier alpha value is -2.29. The molecular formula is C17H18F3N3O2S. The molecule has 26 heavy (non-hydrogen) atoms. The third kappa shape index (κ3) is 4.66. The fourth-order valence-electron chi connectivity index (χ4n) is 2.43. The number of carbonyl (C=O) groups is 1. The molecule has 0 spiro atoms. The lowest BCUT2D eigenvalue weighted by atomic mass is 10.1. The molecule has 1 aliphatic carbocycles. The highest BCUT2D eigenvalue weighted by Gasteiger charge is 2.33. The molecule has 0 bridgehead atoms. The number of alkyl halides is 3. The van der Waals surface area contributed by atoms with Gasteiger partial charge in [-0.25, -0.2) is 9.78 Å². The summed E-state index contributed by atoms with van der Waals surface area (Å²) in [5.41, 5.74) is -0.101. The number of thiazole rings is 1. The van der Waals surface area contributed by atoms with Crippen molar-refractivity contribution in [3.63, 3.8) is 0 Å². The molecule has 2 aromatic rings. The second-order valence-electron chi connectivity index (χ2n) is 6.01. The molecular weight excluding hydrogens is 367 g/mol. The van der Waals surface area contributed by atoms with Crippen LogP contribution >= 0.6 is 11.3 Å². The number of methoxy groups -OCH3 is 1. The summed E-state index contributed by atoms with van der Waals surface area (Å²) in [6.45, 7) is -0.00114. The van der Waals surface area contributed by atoms with Crippen LogP contribution in [0.25, 0.3) is 0 Å². The molecule has 1 aromatic heterocycles. The Morgan fingerprint density at radius 2 is 2.04 bits per heavy atom. The number of aromatic nitrogens is 1. The van der Waals surface area contributed by atoms with Crippen molar-refractivity contribution in [3.05, 3.63) is 45.4 Å². The second-order valence-corrected chi connectivity index (χ2v) is 6.90. The lowest BCUT2D eigenvalue weighted by molar-refractivity contribution is -0.138. The normalized spacial score (nSPS) is 14.2. The number of ether oxygens (including phenoxy) is 1. The van der Waals surface area contributed by atoms with Gasteiger partial charge in [0.25, 0.3) is 0 Å². The molecule has 9 heteroatoms. The van der Waals surface area contributed by atoms with Crippen LogP contribution in [0.1, 0.15) is 40.6 Å². The molecule has 2 N–H and O–H groups in total. The van der Waals surface area contributed by atoms with Crippen molar-refractivity contribution in [2.24, 2.45) is 0 Å². The standard InChI is InChI=1S/C17H18F3N3O2S/c1-25-13-5-4-11(14(6-13)17(18,19)20)7-21-16(24)22-8-12-9-26-15(23-12)10-2-3-10/h4-6,9-10H,2-3,7-8H2,1H3,(H2,21,22,24). The van der Waals surface area contributed by atoms with Gasteiger partial charge in [0.1, 0.15) is 5.75 Å². The summed E-state index contributed by atoms with van der Waals surface area (Å²) < 4.78 is 44.3. The van der Waals surface area contributed by atoms with Crippen molar-refractivity contribution in [1.29, 1.82) is 0 Å². The number of nitrogens with one attached hydrogen (secondary N) is 2. The number of amides is 2. The lowest BCUT2D eigenvalue weighted by Gasteiger charge is -2.15. The number of hydrogen-bond donors (Lipinski definition) is 2. The number of rotatable bonds is 6. The molecule has 0 unspecified atom stereocenters. The molecule has 3 rings (SSSR count). The number of urea groups is 1. The maximum absolute atomic E-state index is 13.1. The van der Waals surface area contributed by atoms with Crippen LogP contribution < -0.4 is 15.4 Å². The highest BCUT2D eigenvalue weighted by Crippen LogP contribution is 2.41. The fourth-order valence-corrected chi connectivity index (χ4v) is 3.42. The van der Waals surface area contributed by atoms with E-state index in [0.29, 0.717) is 5.92 Å². The first-order valence-electron chi connectivity index (χ1n) is 8.07. The highest BCUT2D eigenvalue weighted by molar-refractivity contribution is 7.09. The first-order valence-corrected chi connectivity index (χ1v) is 8.95. The van der Waals surface area contributed by atoms with Crippen molar-refractivity contribution in [2.75, 3.05) is 7.11 Å². The van der Waals surface area contributed by atoms with Crippen LogP contribution in [0.2, 0.25) is 0 Å². The molecule has 0 aliphatic heterocycles. The monoisotopic (exact) mass is 385 g/mol. The highest BCUT2D eigenvalue weighted by atomic mass is 32.1. The third-order valence-electron chi connectivity index (χ3n) is 3.99. The van der Waals surface area contributed by atoms with Crippen LogP contribution in [0.15, 0.2) is 23.6 Å². The van der Waals surface area contributed by atoms with Crippen molar-refractivity contribution in [1.82, 2.24) is 15.6 Å². The minimum Gasteiger partial charge on any atom is -0.497 e. The molecule has 1 fully saturated rings. The van der Waals surface area contributed by atoms with E-state index >= 15 is 0 Å². The summed E-state index contributed by atoms with van der Waals surface area (Å²) in [5.74, 6) is 0.666. The van der Waals surface area contributed by atoms with E-state index < -0.39 is 17.8 Å². The van der Waals surface area contributed by atoms with Gasteiger partial charge in [-0.15, -0.1) is 11.3 Å². The zero-order valence-electron chi connectivity index (χ0n) is 14.0. The maximum atomic E-state index is 13.1. The predicted octanol–water partition coefficient (Wildman–Crippen LogP) is 4.05. The van der Waals surface area contributed by atoms with Gasteiger partial charge in [-0.3, -0.25) is 0 Å². The SMILES string of the molecule is COc1ccc(CNC(=O)NCc2csc(C3CC3)n2)c(C(F)(F)F)c1. The van der Waals surface area contributed by atoms with Crippen LogP contribution in [0.5, 0.6) is 5.75 Å². The van der Waals surface area contributed by atoms with Gasteiger partial charge in [0, 0.05) is 17.8 Å². The van der Waals surface area contributed by atoms with E-state index in [0.717, 1.165) is 29.6 Å². The third-order valence-corrected chi connectivity index (χ3v) is 5.04. The van der Waals surface area contributed by atoms with Gasteiger partial charge in [-0.05, 0) is 30.5 Å². The van der Waals surface area contributed by atoms with E-state index in [2.05, 4.69) is 15.6 Å². The van der Waals surface area contributed by atoms with E-state index in [1.54, 1.807) is 11.3 Å². The molecule has 0 saturated heterocycles. The van der Waals surface area contributed by atoms with Crippen molar-refractivity contribution < 1.29 is 22.7 Å². The Labute approximate surface area is 152 Å². The number of benzene rings is 1. The molecule has 1 heterocycles. The minimum atomic E-state index is -4.53.